The zero-order valence-electron chi connectivity index (χ0n) is 8.42. The number of aryl methyl sites for hydroxylation is 1. The molecule has 2 aromatic heterocycles. The fraction of sp³-hybridized carbons (Fsp3) is 0.182. The van der Waals surface area contributed by atoms with Crippen LogP contribution in [0.4, 0.5) is 0 Å². The van der Waals surface area contributed by atoms with E-state index in [0.717, 1.165) is 16.2 Å². The van der Waals surface area contributed by atoms with Gasteiger partial charge in [-0.15, -0.1) is 11.8 Å². The first-order valence-corrected chi connectivity index (χ1v) is 5.61. The van der Waals surface area contributed by atoms with Gasteiger partial charge in [-0.1, -0.05) is 0 Å². The van der Waals surface area contributed by atoms with Crippen molar-refractivity contribution in [3.63, 3.8) is 0 Å². The Morgan fingerprint density at radius 3 is 2.67 bits per heavy atom. The average molecular weight is 220 g/mol. The number of hydrogen-bond acceptors (Lipinski definition) is 3. The van der Waals surface area contributed by atoms with Crippen molar-refractivity contribution in [2.45, 2.75) is 10.6 Å². The van der Waals surface area contributed by atoms with E-state index in [9.17, 15) is 5.11 Å². The number of nitrogens with zero attached hydrogens (tertiary/aromatic N) is 2. The van der Waals surface area contributed by atoms with E-state index >= 15 is 0 Å². The van der Waals surface area contributed by atoms with Crippen LogP contribution in [0.3, 0.4) is 0 Å². The Labute approximate surface area is 92.8 Å². The molecule has 0 aliphatic carbocycles. The second-order valence-electron chi connectivity index (χ2n) is 3.31. The standard InChI is InChI=1S/C11H12N2OS/c1-13-6-9(11(14)7-13)8-15-10-2-4-12-5-3-10/h2-7,14H,8H2,1H3. The minimum atomic E-state index is 0.360. The molecular weight excluding hydrogens is 208 g/mol. The maximum atomic E-state index is 9.56. The highest BCUT2D eigenvalue weighted by Crippen LogP contribution is 2.27. The van der Waals surface area contributed by atoms with Crippen LogP contribution in [-0.4, -0.2) is 14.7 Å². The molecule has 2 heterocycles. The fourth-order valence-corrected chi connectivity index (χ4v) is 2.19. The maximum Gasteiger partial charge on any atom is 0.137 e. The van der Waals surface area contributed by atoms with Gasteiger partial charge in [0.25, 0.3) is 0 Å². The Hall–Kier alpha value is -1.42. The third kappa shape index (κ3) is 2.53. The summed E-state index contributed by atoms with van der Waals surface area (Å²) in [6.07, 6.45) is 7.19. The molecule has 0 aliphatic rings. The van der Waals surface area contributed by atoms with E-state index in [1.807, 2.05) is 29.9 Å². The summed E-state index contributed by atoms with van der Waals surface area (Å²) in [4.78, 5) is 5.12. The zero-order valence-corrected chi connectivity index (χ0v) is 9.24. The van der Waals surface area contributed by atoms with E-state index in [0.29, 0.717) is 5.75 Å². The molecule has 0 spiro atoms. The second kappa shape index (κ2) is 4.40. The highest BCUT2D eigenvalue weighted by atomic mass is 32.2. The summed E-state index contributed by atoms with van der Waals surface area (Å²) >= 11 is 1.69. The van der Waals surface area contributed by atoms with Crippen molar-refractivity contribution < 1.29 is 5.11 Å². The van der Waals surface area contributed by atoms with Crippen LogP contribution < -0.4 is 0 Å². The van der Waals surface area contributed by atoms with Crippen LogP contribution in [0.15, 0.2) is 41.8 Å². The van der Waals surface area contributed by atoms with Gasteiger partial charge in [-0.05, 0) is 12.1 Å². The molecule has 1 N–H and O–H groups in total. The smallest absolute Gasteiger partial charge is 0.137 e. The fourth-order valence-electron chi connectivity index (χ4n) is 1.33. The van der Waals surface area contributed by atoms with Crippen LogP contribution in [0.5, 0.6) is 5.75 Å². The van der Waals surface area contributed by atoms with Crippen LogP contribution in [0, 0.1) is 0 Å². The van der Waals surface area contributed by atoms with Crippen molar-refractivity contribution in [2.75, 3.05) is 0 Å². The number of pyridine rings is 1. The van der Waals surface area contributed by atoms with Gasteiger partial charge in [0, 0.05) is 48.0 Å². The summed E-state index contributed by atoms with van der Waals surface area (Å²) in [6.45, 7) is 0. The molecule has 4 heteroatoms. The molecular formula is C11H12N2OS. The van der Waals surface area contributed by atoms with Crippen LogP contribution in [0.2, 0.25) is 0 Å². The summed E-state index contributed by atoms with van der Waals surface area (Å²) < 4.78 is 1.86. The van der Waals surface area contributed by atoms with Gasteiger partial charge in [0.1, 0.15) is 5.75 Å². The van der Waals surface area contributed by atoms with E-state index in [1.165, 1.54) is 0 Å². The number of aromatic nitrogens is 2. The van der Waals surface area contributed by atoms with Crippen LogP contribution in [0.1, 0.15) is 5.56 Å². The average Bonchev–Trinajstić information content (AvgIpc) is 2.56. The van der Waals surface area contributed by atoms with Crippen molar-refractivity contribution >= 4 is 11.8 Å². The Morgan fingerprint density at radius 1 is 1.33 bits per heavy atom. The van der Waals surface area contributed by atoms with E-state index in [-0.39, 0.29) is 0 Å². The molecule has 78 valence electrons. The molecule has 0 bridgehead atoms. The quantitative estimate of drug-likeness (QED) is 0.807. The second-order valence-corrected chi connectivity index (χ2v) is 4.35. The molecule has 0 radical (unpaired) electrons. The van der Waals surface area contributed by atoms with Crippen molar-refractivity contribution in [1.82, 2.24) is 9.55 Å². The van der Waals surface area contributed by atoms with Crippen molar-refractivity contribution in [3.8, 4) is 5.75 Å². The maximum absolute atomic E-state index is 9.56. The summed E-state index contributed by atoms with van der Waals surface area (Å²) in [6, 6.07) is 3.93. The third-order valence-electron chi connectivity index (χ3n) is 2.06. The monoisotopic (exact) mass is 220 g/mol. The molecule has 2 rings (SSSR count). The Balaban J connectivity index is 2.02. The lowest BCUT2D eigenvalue weighted by Gasteiger charge is -1.99. The van der Waals surface area contributed by atoms with Crippen molar-refractivity contribution in [3.05, 3.63) is 42.5 Å². The predicted molar refractivity (Wildman–Crippen MR) is 60.9 cm³/mol. The Kier molecular flexibility index (Phi) is 2.97. The molecule has 0 unspecified atom stereocenters. The SMILES string of the molecule is Cn1cc(O)c(CSc2ccncc2)c1. The molecule has 15 heavy (non-hydrogen) atoms. The Morgan fingerprint density at radius 2 is 2.07 bits per heavy atom. The molecule has 0 fully saturated rings. The molecule has 0 saturated carbocycles. The third-order valence-corrected chi connectivity index (χ3v) is 3.12. The lowest BCUT2D eigenvalue weighted by molar-refractivity contribution is 0.470. The number of aromatic hydroxyl groups is 1. The normalized spacial score (nSPS) is 10.5. The molecule has 0 saturated heterocycles. The first-order valence-electron chi connectivity index (χ1n) is 4.62. The molecule has 0 aromatic carbocycles. The van der Waals surface area contributed by atoms with Gasteiger partial charge >= 0.3 is 0 Å². The summed E-state index contributed by atoms with van der Waals surface area (Å²) in [5.74, 6) is 1.13. The summed E-state index contributed by atoms with van der Waals surface area (Å²) in [7, 11) is 1.90. The van der Waals surface area contributed by atoms with Crippen molar-refractivity contribution in [1.29, 1.82) is 0 Å². The number of thioether (sulfide) groups is 1. The zero-order chi connectivity index (χ0) is 10.7. The van der Waals surface area contributed by atoms with Crippen LogP contribution in [0.25, 0.3) is 0 Å². The minimum Gasteiger partial charge on any atom is -0.506 e. The molecule has 0 aliphatic heterocycles. The highest BCUT2D eigenvalue weighted by Gasteiger charge is 2.04. The highest BCUT2D eigenvalue weighted by molar-refractivity contribution is 7.98. The largest absolute Gasteiger partial charge is 0.506 e. The summed E-state index contributed by atoms with van der Waals surface area (Å²) in [5, 5.41) is 9.56. The molecule has 3 nitrogen and oxygen atoms in total. The lowest BCUT2D eigenvalue weighted by atomic mass is 10.4. The van der Waals surface area contributed by atoms with Gasteiger partial charge in [0.05, 0.1) is 0 Å². The number of rotatable bonds is 3. The topological polar surface area (TPSA) is 38.0 Å². The first kappa shape index (κ1) is 10.1. The lowest BCUT2D eigenvalue weighted by Crippen LogP contribution is -1.80. The van der Waals surface area contributed by atoms with Gasteiger partial charge in [-0.3, -0.25) is 4.98 Å². The van der Waals surface area contributed by atoms with E-state index in [1.54, 1.807) is 30.4 Å². The van der Waals surface area contributed by atoms with Gasteiger partial charge in [-0.2, -0.15) is 0 Å². The van der Waals surface area contributed by atoms with Gasteiger partial charge < -0.3 is 9.67 Å². The van der Waals surface area contributed by atoms with E-state index in [2.05, 4.69) is 4.98 Å². The number of hydrogen-bond donors (Lipinski definition) is 1. The molecule has 0 atom stereocenters. The van der Waals surface area contributed by atoms with Crippen molar-refractivity contribution in [2.24, 2.45) is 7.05 Å². The van der Waals surface area contributed by atoms with E-state index in [4.69, 9.17) is 0 Å². The minimum absolute atomic E-state index is 0.360. The van der Waals surface area contributed by atoms with Gasteiger partial charge in [-0.25, -0.2) is 0 Å². The van der Waals surface area contributed by atoms with Crippen LogP contribution in [-0.2, 0) is 12.8 Å². The van der Waals surface area contributed by atoms with Gasteiger partial charge in [0.2, 0.25) is 0 Å². The molecule has 0 amide bonds. The van der Waals surface area contributed by atoms with Gasteiger partial charge in [0.15, 0.2) is 0 Å². The van der Waals surface area contributed by atoms with Crippen LogP contribution >= 0.6 is 11.8 Å². The molecule has 2 aromatic rings. The predicted octanol–water partition coefficient (Wildman–Crippen LogP) is 2.42. The Bertz CT molecular complexity index is 439. The van der Waals surface area contributed by atoms with E-state index < -0.39 is 0 Å². The first-order chi connectivity index (χ1) is 7.25. The summed E-state index contributed by atoms with van der Waals surface area (Å²) in [5.41, 5.74) is 0.958.